The molecular formula is C5H11N3S. The molecule has 1 rings (SSSR count). The van der Waals surface area contributed by atoms with Gasteiger partial charge in [0.05, 0.1) is 11.9 Å². The molecule has 4 heteroatoms. The second kappa shape index (κ2) is 4.38. The zero-order valence-electron chi connectivity index (χ0n) is 5.87. The number of thiol groups is 1. The fraction of sp³-hybridized carbons (Fsp3) is 0.600. The third kappa shape index (κ3) is 3.13. The Morgan fingerprint density at radius 2 is 2.11 bits per heavy atom. The Bertz CT molecular complexity index is 144. The zero-order valence-corrected chi connectivity index (χ0v) is 6.76. The maximum absolute atomic E-state index is 3.85. The second-order valence-electron chi connectivity index (χ2n) is 1.28. The monoisotopic (exact) mass is 145 g/mol. The first-order valence-electron chi connectivity index (χ1n) is 2.87. The number of aryl methyl sites for hydroxylation is 1. The van der Waals surface area contributed by atoms with Gasteiger partial charge in [-0.2, -0.15) is 4.09 Å². The maximum atomic E-state index is 3.85. The molecule has 0 N–H and O–H groups in total. The fourth-order valence-corrected chi connectivity index (χ4v) is 0.542. The minimum absolute atomic E-state index is 0.884. The predicted molar refractivity (Wildman–Crippen MR) is 40.5 cm³/mol. The van der Waals surface area contributed by atoms with Crippen molar-refractivity contribution in [2.75, 3.05) is 0 Å². The van der Waals surface area contributed by atoms with E-state index in [1.807, 2.05) is 20.8 Å². The van der Waals surface area contributed by atoms with Gasteiger partial charge in [-0.3, -0.25) is 0 Å². The van der Waals surface area contributed by atoms with Gasteiger partial charge >= 0.3 is 0 Å². The Morgan fingerprint density at radius 1 is 1.56 bits per heavy atom. The van der Waals surface area contributed by atoms with Crippen molar-refractivity contribution in [3.8, 4) is 0 Å². The predicted octanol–water partition coefficient (Wildman–Crippen LogP) is 1.31. The molecule has 1 heterocycles. The normalized spacial score (nSPS) is 8.00. The van der Waals surface area contributed by atoms with Crippen LogP contribution in [0.2, 0.25) is 0 Å². The van der Waals surface area contributed by atoms with Crippen LogP contribution in [0.3, 0.4) is 0 Å². The highest BCUT2D eigenvalue weighted by molar-refractivity contribution is 7.78. The molecule has 0 saturated carbocycles. The van der Waals surface area contributed by atoms with Crippen LogP contribution in [-0.2, 0) is 0 Å². The topological polar surface area (TPSA) is 30.7 Å². The van der Waals surface area contributed by atoms with Gasteiger partial charge in [0.1, 0.15) is 0 Å². The van der Waals surface area contributed by atoms with Crippen LogP contribution >= 0.6 is 12.8 Å². The molecule has 0 amide bonds. The lowest BCUT2D eigenvalue weighted by Gasteiger charge is -1.73. The summed E-state index contributed by atoms with van der Waals surface area (Å²) in [6, 6.07) is 0. The molecule has 9 heavy (non-hydrogen) atoms. The van der Waals surface area contributed by atoms with Crippen molar-refractivity contribution in [3.63, 3.8) is 0 Å². The Morgan fingerprint density at radius 3 is 2.22 bits per heavy atom. The SMILES string of the molecule is CC.Cc1cn(S)nn1. The lowest BCUT2D eigenvalue weighted by molar-refractivity contribution is 0.889. The molecular weight excluding hydrogens is 134 g/mol. The average Bonchev–Trinajstić information content (AvgIpc) is 2.20. The molecule has 0 spiro atoms. The molecule has 0 atom stereocenters. The van der Waals surface area contributed by atoms with E-state index in [2.05, 4.69) is 23.1 Å². The summed E-state index contributed by atoms with van der Waals surface area (Å²) in [5.74, 6) is 0. The van der Waals surface area contributed by atoms with Gasteiger partial charge in [0.15, 0.2) is 0 Å². The van der Waals surface area contributed by atoms with Crippen LogP contribution in [0.15, 0.2) is 6.20 Å². The average molecular weight is 145 g/mol. The van der Waals surface area contributed by atoms with Crippen molar-refractivity contribution in [2.24, 2.45) is 0 Å². The van der Waals surface area contributed by atoms with Crippen molar-refractivity contribution in [1.82, 2.24) is 14.4 Å². The van der Waals surface area contributed by atoms with E-state index in [-0.39, 0.29) is 0 Å². The third-order valence-corrected chi connectivity index (χ3v) is 0.792. The van der Waals surface area contributed by atoms with Gasteiger partial charge in [0.25, 0.3) is 0 Å². The van der Waals surface area contributed by atoms with E-state index in [0.29, 0.717) is 0 Å². The zero-order chi connectivity index (χ0) is 7.28. The molecule has 52 valence electrons. The largest absolute Gasteiger partial charge is 0.197 e. The number of aromatic nitrogens is 3. The van der Waals surface area contributed by atoms with Gasteiger partial charge in [-0.1, -0.05) is 19.1 Å². The summed E-state index contributed by atoms with van der Waals surface area (Å²) < 4.78 is 1.37. The van der Waals surface area contributed by atoms with E-state index < -0.39 is 0 Å². The molecule has 0 aliphatic heterocycles. The van der Waals surface area contributed by atoms with E-state index in [0.717, 1.165) is 5.69 Å². The standard InChI is InChI=1S/C3H5N3S.C2H6/c1-3-2-6(7)5-4-3;1-2/h2,7H,1H3;1-2H3. The lowest BCUT2D eigenvalue weighted by atomic mass is 10.6. The van der Waals surface area contributed by atoms with Gasteiger partial charge < -0.3 is 0 Å². The number of hydrogen-bond acceptors (Lipinski definition) is 3. The molecule has 0 aliphatic rings. The first-order valence-corrected chi connectivity index (χ1v) is 3.27. The van der Waals surface area contributed by atoms with E-state index in [4.69, 9.17) is 0 Å². The van der Waals surface area contributed by atoms with Crippen LogP contribution < -0.4 is 0 Å². The van der Waals surface area contributed by atoms with E-state index in [9.17, 15) is 0 Å². The molecule has 3 nitrogen and oxygen atoms in total. The van der Waals surface area contributed by atoms with Crippen molar-refractivity contribution in [3.05, 3.63) is 11.9 Å². The first kappa shape index (κ1) is 8.49. The highest BCUT2D eigenvalue weighted by atomic mass is 32.1. The van der Waals surface area contributed by atoms with Crippen LogP contribution in [0, 0.1) is 6.92 Å². The summed E-state index contributed by atoms with van der Waals surface area (Å²) >= 11 is 3.85. The molecule has 0 aliphatic carbocycles. The summed E-state index contributed by atoms with van der Waals surface area (Å²) in [4.78, 5) is 0. The highest BCUT2D eigenvalue weighted by Crippen LogP contribution is 1.87. The van der Waals surface area contributed by atoms with Crippen LogP contribution in [0.1, 0.15) is 19.5 Å². The molecule has 1 aromatic heterocycles. The van der Waals surface area contributed by atoms with E-state index in [1.54, 1.807) is 6.20 Å². The summed E-state index contributed by atoms with van der Waals surface area (Å²) in [5.41, 5.74) is 0.884. The Hall–Kier alpha value is -0.510. The maximum Gasteiger partial charge on any atom is 0.0807 e. The Labute approximate surface area is 60.6 Å². The smallest absolute Gasteiger partial charge is 0.0807 e. The molecule has 0 saturated heterocycles. The van der Waals surface area contributed by atoms with Gasteiger partial charge in [0.2, 0.25) is 0 Å². The van der Waals surface area contributed by atoms with Crippen molar-refractivity contribution in [2.45, 2.75) is 20.8 Å². The van der Waals surface area contributed by atoms with Crippen LogP contribution in [0.5, 0.6) is 0 Å². The molecule has 0 unspecified atom stereocenters. The molecule has 0 radical (unpaired) electrons. The van der Waals surface area contributed by atoms with Crippen LogP contribution in [0.25, 0.3) is 0 Å². The second-order valence-corrected chi connectivity index (χ2v) is 1.69. The number of rotatable bonds is 0. The van der Waals surface area contributed by atoms with Gasteiger partial charge in [-0.05, 0) is 19.7 Å². The first-order chi connectivity index (χ1) is 4.29. The van der Waals surface area contributed by atoms with Crippen molar-refractivity contribution < 1.29 is 0 Å². The van der Waals surface area contributed by atoms with E-state index >= 15 is 0 Å². The van der Waals surface area contributed by atoms with Gasteiger partial charge in [-0.25, -0.2) is 0 Å². The number of hydrogen-bond donors (Lipinski definition) is 1. The molecule has 0 aromatic carbocycles. The molecule has 1 aromatic rings. The summed E-state index contributed by atoms with van der Waals surface area (Å²) in [7, 11) is 0. The van der Waals surface area contributed by atoms with Crippen LogP contribution in [0.4, 0.5) is 0 Å². The Balaban J connectivity index is 0.000000291. The highest BCUT2D eigenvalue weighted by Gasteiger charge is 1.84. The van der Waals surface area contributed by atoms with Crippen molar-refractivity contribution >= 4 is 12.8 Å². The molecule has 0 fully saturated rings. The Kier molecular flexibility index (Phi) is 4.13. The fourth-order valence-electron chi connectivity index (χ4n) is 0.335. The summed E-state index contributed by atoms with van der Waals surface area (Å²) in [6.07, 6.45) is 1.73. The summed E-state index contributed by atoms with van der Waals surface area (Å²) in [6.45, 7) is 5.86. The quantitative estimate of drug-likeness (QED) is 0.558. The molecule has 0 bridgehead atoms. The van der Waals surface area contributed by atoms with Crippen molar-refractivity contribution in [1.29, 1.82) is 0 Å². The summed E-state index contributed by atoms with van der Waals surface area (Å²) in [5, 5.41) is 7.20. The van der Waals surface area contributed by atoms with Crippen LogP contribution in [-0.4, -0.2) is 14.4 Å². The third-order valence-electron chi connectivity index (χ3n) is 0.596. The number of nitrogens with zero attached hydrogens (tertiary/aromatic N) is 3. The minimum Gasteiger partial charge on any atom is -0.197 e. The lowest BCUT2D eigenvalue weighted by Crippen LogP contribution is -1.77. The van der Waals surface area contributed by atoms with E-state index in [1.165, 1.54) is 4.09 Å². The van der Waals surface area contributed by atoms with Gasteiger partial charge in [0, 0.05) is 0 Å². The van der Waals surface area contributed by atoms with Gasteiger partial charge in [-0.15, -0.1) is 5.10 Å². The minimum atomic E-state index is 0.884.